The van der Waals surface area contributed by atoms with E-state index in [9.17, 15) is 0 Å². The van der Waals surface area contributed by atoms with Gasteiger partial charge in [-0.05, 0) is 45.6 Å². The molecule has 1 aliphatic rings. The molecule has 1 N–H and O–H groups in total. The molecule has 0 atom stereocenters. The Kier molecular flexibility index (Phi) is 4.78. The molecule has 0 saturated heterocycles. The van der Waals surface area contributed by atoms with E-state index in [2.05, 4.69) is 38.2 Å². The topological polar surface area (TPSA) is 33.7 Å². The summed E-state index contributed by atoms with van der Waals surface area (Å²) in [5.41, 5.74) is 1.21. The van der Waals surface area contributed by atoms with Crippen LogP contribution in [0, 0.1) is 0 Å². The second-order valence-electron chi connectivity index (χ2n) is 5.91. The summed E-state index contributed by atoms with van der Waals surface area (Å²) in [7, 11) is 4.17. The first kappa shape index (κ1) is 15.4. The third-order valence-corrected chi connectivity index (χ3v) is 4.03. The Morgan fingerprint density at radius 2 is 1.95 bits per heavy atom. The molecule has 0 fully saturated rings. The van der Waals surface area contributed by atoms with Crippen LogP contribution in [0.4, 0.5) is 0 Å². The van der Waals surface area contributed by atoms with Crippen molar-refractivity contribution in [1.82, 2.24) is 10.2 Å². The first-order valence-corrected chi connectivity index (χ1v) is 7.24. The standard InChI is InChI=1S/C15H23ClN2O2/c1-15(2,18(3)4)10-17-9-11-7-12(16)14-13(8-11)19-5-6-20-14/h7-8,17H,5-6,9-10H2,1-4H3. The zero-order valence-corrected chi connectivity index (χ0v) is 13.4. The normalized spacial score (nSPS) is 14.7. The highest BCUT2D eigenvalue weighted by Gasteiger charge is 2.20. The molecule has 0 saturated carbocycles. The van der Waals surface area contributed by atoms with Crippen molar-refractivity contribution in [3.63, 3.8) is 0 Å². The molecule has 0 bridgehead atoms. The average molecular weight is 299 g/mol. The number of hydrogen-bond donors (Lipinski definition) is 1. The minimum Gasteiger partial charge on any atom is -0.486 e. The molecule has 20 heavy (non-hydrogen) atoms. The molecule has 0 amide bonds. The van der Waals surface area contributed by atoms with Crippen molar-refractivity contribution < 1.29 is 9.47 Å². The highest BCUT2D eigenvalue weighted by atomic mass is 35.5. The monoisotopic (exact) mass is 298 g/mol. The number of fused-ring (bicyclic) bond motifs is 1. The number of halogens is 1. The Morgan fingerprint density at radius 3 is 2.65 bits per heavy atom. The SMILES string of the molecule is CN(C)C(C)(C)CNCc1cc(Cl)c2c(c1)OCCO2. The maximum absolute atomic E-state index is 6.23. The third kappa shape index (κ3) is 3.57. The fourth-order valence-electron chi connectivity index (χ4n) is 1.94. The molecule has 0 aliphatic carbocycles. The van der Waals surface area contributed by atoms with Crippen molar-refractivity contribution in [3.05, 3.63) is 22.7 Å². The highest BCUT2D eigenvalue weighted by Crippen LogP contribution is 2.38. The Balaban J connectivity index is 1.99. The minimum absolute atomic E-state index is 0.109. The van der Waals surface area contributed by atoms with Crippen molar-refractivity contribution in [2.24, 2.45) is 0 Å². The highest BCUT2D eigenvalue weighted by molar-refractivity contribution is 6.32. The lowest BCUT2D eigenvalue weighted by molar-refractivity contribution is 0.171. The van der Waals surface area contributed by atoms with Crippen molar-refractivity contribution >= 4 is 11.6 Å². The van der Waals surface area contributed by atoms with Crippen LogP contribution >= 0.6 is 11.6 Å². The van der Waals surface area contributed by atoms with Gasteiger partial charge in [-0.2, -0.15) is 0 Å². The quantitative estimate of drug-likeness (QED) is 0.906. The van der Waals surface area contributed by atoms with Gasteiger partial charge in [0, 0.05) is 18.6 Å². The number of nitrogens with zero attached hydrogens (tertiary/aromatic N) is 1. The van der Waals surface area contributed by atoms with Gasteiger partial charge in [-0.25, -0.2) is 0 Å². The first-order chi connectivity index (χ1) is 9.40. The van der Waals surface area contributed by atoms with E-state index in [4.69, 9.17) is 21.1 Å². The van der Waals surface area contributed by atoms with Crippen LogP contribution in [-0.2, 0) is 6.54 Å². The van der Waals surface area contributed by atoms with Crippen LogP contribution in [0.5, 0.6) is 11.5 Å². The molecular formula is C15H23ClN2O2. The van der Waals surface area contributed by atoms with Gasteiger partial charge in [0.1, 0.15) is 13.2 Å². The van der Waals surface area contributed by atoms with Crippen LogP contribution in [0.25, 0.3) is 0 Å². The lowest BCUT2D eigenvalue weighted by Crippen LogP contribution is -2.46. The lowest BCUT2D eigenvalue weighted by Gasteiger charge is -2.32. The molecule has 0 unspecified atom stereocenters. The second kappa shape index (κ2) is 6.20. The summed E-state index contributed by atoms with van der Waals surface area (Å²) in [4.78, 5) is 2.21. The molecule has 1 heterocycles. The molecule has 112 valence electrons. The van der Waals surface area contributed by atoms with E-state index >= 15 is 0 Å². The van der Waals surface area contributed by atoms with Crippen LogP contribution in [0.15, 0.2) is 12.1 Å². The van der Waals surface area contributed by atoms with E-state index in [1.165, 1.54) is 0 Å². The maximum Gasteiger partial charge on any atom is 0.179 e. The van der Waals surface area contributed by atoms with Crippen LogP contribution in [0.2, 0.25) is 5.02 Å². The van der Waals surface area contributed by atoms with Gasteiger partial charge in [0.2, 0.25) is 0 Å². The van der Waals surface area contributed by atoms with Crippen LogP contribution in [0.3, 0.4) is 0 Å². The summed E-state index contributed by atoms with van der Waals surface area (Å²) >= 11 is 6.23. The van der Waals surface area contributed by atoms with E-state index in [-0.39, 0.29) is 5.54 Å². The predicted octanol–water partition coefficient (Wildman–Crippen LogP) is 2.54. The van der Waals surface area contributed by atoms with Gasteiger partial charge in [-0.3, -0.25) is 0 Å². The largest absolute Gasteiger partial charge is 0.486 e. The molecule has 5 heteroatoms. The van der Waals surface area contributed by atoms with Gasteiger partial charge < -0.3 is 19.7 Å². The van der Waals surface area contributed by atoms with Gasteiger partial charge in [-0.1, -0.05) is 11.6 Å². The van der Waals surface area contributed by atoms with Crippen molar-refractivity contribution in [2.45, 2.75) is 25.9 Å². The number of rotatable bonds is 5. The average Bonchev–Trinajstić information content (AvgIpc) is 2.38. The molecule has 1 aromatic rings. The fraction of sp³-hybridized carbons (Fsp3) is 0.600. The summed E-state index contributed by atoms with van der Waals surface area (Å²) < 4.78 is 11.1. The predicted molar refractivity (Wildman–Crippen MR) is 81.9 cm³/mol. The number of hydrogen-bond acceptors (Lipinski definition) is 4. The number of ether oxygens (including phenoxy) is 2. The van der Waals surface area contributed by atoms with E-state index in [1.807, 2.05) is 12.1 Å². The molecule has 2 rings (SSSR count). The first-order valence-electron chi connectivity index (χ1n) is 6.86. The van der Waals surface area contributed by atoms with Gasteiger partial charge in [0.25, 0.3) is 0 Å². The summed E-state index contributed by atoms with van der Waals surface area (Å²) in [6.45, 7) is 7.20. The van der Waals surface area contributed by atoms with Crippen LogP contribution in [0.1, 0.15) is 19.4 Å². The summed E-state index contributed by atoms with van der Waals surface area (Å²) in [5, 5.41) is 4.08. The van der Waals surface area contributed by atoms with E-state index < -0.39 is 0 Å². The van der Waals surface area contributed by atoms with Gasteiger partial charge in [0.05, 0.1) is 5.02 Å². The molecular weight excluding hydrogens is 276 g/mol. The second-order valence-corrected chi connectivity index (χ2v) is 6.32. The molecule has 1 aromatic carbocycles. The molecule has 4 nitrogen and oxygen atoms in total. The fourth-order valence-corrected chi connectivity index (χ4v) is 2.22. The Hall–Kier alpha value is -0.970. The van der Waals surface area contributed by atoms with Crippen molar-refractivity contribution in [2.75, 3.05) is 33.9 Å². The number of likely N-dealkylation sites (N-methyl/N-ethyl adjacent to an activating group) is 1. The van der Waals surface area contributed by atoms with E-state index in [0.29, 0.717) is 24.0 Å². The van der Waals surface area contributed by atoms with E-state index in [1.54, 1.807) is 0 Å². The maximum atomic E-state index is 6.23. The zero-order chi connectivity index (χ0) is 14.8. The lowest BCUT2D eigenvalue weighted by atomic mass is 10.0. The smallest absolute Gasteiger partial charge is 0.179 e. The van der Waals surface area contributed by atoms with Crippen LogP contribution < -0.4 is 14.8 Å². The Morgan fingerprint density at radius 1 is 1.25 bits per heavy atom. The molecule has 0 spiro atoms. The Labute approximate surface area is 126 Å². The summed E-state index contributed by atoms with van der Waals surface area (Å²) in [5.74, 6) is 1.41. The minimum atomic E-state index is 0.109. The number of nitrogens with one attached hydrogen (secondary N) is 1. The third-order valence-electron chi connectivity index (χ3n) is 3.75. The molecule has 0 aromatic heterocycles. The molecule has 0 radical (unpaired) electrons. The van der Waals surface area contributed by atoms with Crippen molar-refractivity contribution in [1.29, 1.82) is 0 Å². The summed E-state index contributed by atoms with van der Waals surface area (Å²) in [6.07, 6.45) is 0. The Bertz CT molecular complexity index is 475. The van der Waals surface area contributed by atoms with Gasteiger partial charge in [-0.15, -0.1) is 0 Å². The van der Waals surface area contributed by atoms with Crippen LogP contribution in [-0.4, -0.2) is 44.3 Å². The summed E-state index contributed by atoms with van der Waals surface area (Å²) in [6, 6.07) is 3.93. The number of benzene rings is 1. The van der Waals surface area contributed by atoms with E-state index in [0.717, 1.165) is 24.4 Å². The van der Waals surface area contributed by atoms with Crippen molar-refractivity contribution in [3.8, 4) is 11.5 Å². The zero-order valence-electron chi connectivity index (χ0n) is 12.6. The molecule has 1 aliphatic heterocycles. The van der Waals surface area contributed by atoms with Gasteiger partial charge in [0.15, 0.2) is 11.5 Å². The van der Waals surface area contributed by atoms with Gasteiger partial charge >= 0.3 is 0 Å².